The topological polar surface area (TPSA) is 101 Å². The molecule has 1 aromatic heterocycles. The van der Waals surface area contributed by atoms with Crippen molar-refractivity contribution in [3.05, 3.63) is 59.7 Å². The summed E-state index contributed by atoms with van der Waals surface area (Å²) < 4.78 is 67.0. The fourth-order valence-corrected chi connectivity index (χ4v) is 5.18. The van der Waals surface area contributed by atoms with E-state index in [0.29, 0.717) is 17.5 Å². The van der Waals surface area contributed by atoms with Crippen molar-refractivity contribution in [3.63, 3.8) is 0 Å². The Morgan fingerprint density at radius 1 is 1.12 bits per heavy atom. The second kappa shape index (κ2) is 10.2. The maximum atomic E-state index is 13.0. The van der Waals surface area contributed by atoms with Gasteiger partial charge in [-0.25, -0.2) is 8.42 Å². The molecule has 0 aliphatic heterocycles. The summed E-state index contributed by atoms with van der Waals surface area (Å²) in [4.78, 5) is 12.4. The van der Waals surface area contributed by atoms with Crippen LogP contribution in [-0.4, -0.2) is 30.6 Å². The summed E-state index contributed by atoms with van der Waals surface area (Å²) in [7, 11) is -4.42. The van der Waals surface area contributed by atoms with Crippen molar-refractivity contribution in [2.75, 3.05) is 5.32 Å². The Morgan fingerprint density at radius 3 is 2.47 bits per heavy atom. The number of sulfonamides is 1. The molecule has 1 heterocycles. The number of rotatable bonds is 8. The molecule has 3 aromatic rings. The van der Waals surface area contributed by atoms with E-state index in [-0.39, 0.29) is 5.13 Å². The highest BCUT2D eigenvalue weighted by atomic mass is 32.2. The van der Waals surface area contributed by atoms with Gasteiger partial charge in [-0.15, -0.1) is 10.2 Å². The van der Waals surface area contributed by atoms with E-state index in [1.54, 1.807) is 13.8 Å². The third-order valence-electron chi connectivity index (χ3n) is 5.17. The van der Waals surface area contributed by atoms with Gasteiger partial charge < -0.3 is 0 Å². The van der Waals surface area contributed by atoms with E-state index in [1.165, 1.54) is 0 Å². The number of carbonyl (C=O) groups excluding carboxylic acids is 1. The molecule has 34 heavy (non-hydrogen) atoms. The Bertz CT molecular complexity index is 1280. The minimum atomic E-state index is -4.70. The molecule has 0 fully saturated rings. The normalized spacial score (nSPS) is 13.9. The molecular weight excluding hydrogens is 489 g/mol. The second-order valence-corrected chi connectivity index (χ2v) is 10.5. The van der Waals surface area contributed by atoms with Gasteiger partial charge >= 0.3 is 6.18 Å². The zero-order valence-electron chi connectivity index (χ0n) is 18.6. The number of aryl methyl sites for hydroxylation is 1. The third kappa shape index (κ3) is 6.19. The average molecular weight is 513 g/mol. The number of carbonyl (C=O) groups is 1. The largest absolute Gasteiger partial charge is 0.416 e. The number of hydrogen-bond acceptors (Lipinski definition) is 6. The number of nitrogens with zero attached hydrogens (tertiary/aromatic N) is 2. The van der Waals surface area contributed by atoms with Crippen molar-refractivity contribution < 1.29 is 26.4 Å². The Labute approximate surface area is 199 Å². The van der Waals surface area contributed by atoms with Crippen molar-refractivity contribution in [2.45, 2.75) is 44.3 Å². The van der Waals surface area contributed by atoms with Crippen molar-refractivity contribution in [1.29, 1.82) is 0 Å². The van der Waals surface area contributed by atoms with Gasteiger partial charge in [0.25, 0.3) is 0 Å². The summed E-state index contributed by atoms with van der Waals surface area (Å²) in [5.41, 5.74) is 0.748. The number of anilines is 1. The van der Waals surface area contributed by atoms with Crippen LogP contribution in [0, 0.1) is 12.8 Å². The van der Waals surface area contributed by atoms with Gasteiger partial charge in [0.05, 0.1) is 10.5 Å². The van der Waals surface area contributed by atoms with Gasteiger partial charge in [-0.2, -0.15) is 17.9 Å². The van der Waals surface area contributed by atoms with Crippen LogP contribution < -0.4 is 10.0 Å². The molecule has 0 saturated carbocycles. The lowest BCUT2D eigenvalue weighted by molar-refractivity contribution is -0.137. The lowest BCUT2D eigenvalue weighted by atomic mass is 9.99. The first-order chi connectivity index (χ1) is 15.9. The minimum absolute atomic E-state index is 0.174. The smallest absolute Gasteiger partial charge is 0.299 e. The van der Waals surface area contributed by atoms with E-state index in [2.05, 4.69) is 20.2 Å². The van der Waals surface area contributed by atoms with E-state index in [4.69, 9.17) is 0 Å². The molecule has 7 nitrogen and oxygen atoms in total. The van der Waals surface area contributed by atoms with Gasteiger partial charge in [-0.3, -0.25) is 10.1 Å². The predicted octanol–water partition coefficient (Wildman–Crippen LogP) is 4.86. The number of hydrogen-bond donors (Lipinski definition) is 2. The standard InChI is InChI=1S/C22H23F3N4O3S2/c1-4-14(3)18(29-34(31,32)17-10-6-9-16(12-17)22(23,24)25)19(30)26-21-28-27-20(33-21)15-8-5-7-13(2)11-15/h5-12,14,18,29H,4H2,1-3H3,(H,26,28,30)/t14-,18+/m0/s1. The zero-order chi connectivity index (χ0) is 25.1. The quantitative estimate of drug-likeness (QED) is 0.449. The highest BCUT2D eigenvalue weighted by Gasteiger charge is 2.34. The molecular formula is C22H23F3N4O3S2. The lowest BCUT2D eigenvalue weighted by Gasteiger charge is -2.23. The van der Waals surface area contributed by atoms with Crippen LogP contribution in [0.5, 0.6) is 0 Å². The first-order valence-electron chi connectivity index (χ1n) is 10.3. The summed E-state index contributed by atoms with van der Waals surface area (Å²) in [5, 5.41) is 11.3. The van der Waals surface area contributed by atoms with Crippen LogP contribution in [0.1, 0.15) is 31.4 Å². The van der Waals surface area contributed by atoms with Gasteiger partial charge in [0, 0.05) is 5.56 Å². The molecule has 0 spiro atoms. The van der Waals surface area contributed by atoms with Crippen LogP contribution in [0.25, 0.3) is 10.6 Å². The predicted molar refractivity (Wildman–Crippen MR) is 124 cm³/mol. The number of amides is 1. The molecule has 0 radical (unpaired) electrons. The Balaban J connectivity index is 1.82. The van der Waals surface area contributed by atoms with Crippen molar-refractivity contribution >= 4 is 32.4 Å². The van der Waals surface area contributed by atoms with Crippen LogP contribution in [-0.2, 0) is 21.0 Å². The summed E-state index contributed by atoms with van der Waals surface area (Å²) in [6.07, 6.45) is -4.26. The fraction of sp³-hybridized carbons (Fsp3) is 0.318. The highest BCUT2D eigenvalue weighted by molar-refractivity contribution is 7.89. The maximum absolute atomic E-state index is 13.0. The molecule has 12 heteroatoms. The molecule has 0 bridgehead atoms. The molecule has 2 atom stereocenters. The molecule has 0 aliphatic carbocycles. The number of alkyl halides is 3. The maximum Gasteiger partial charge on any atom is 0.416 e. The molecule has 0 aliphatic rings. The molecule has 0 unspecified atom stereocenters. The third-order valence-corrected chi connectivity index (χ3v) is 7.50. The highest BCUT2D eigenvalue weighted by Crippen LogP contribution is 2.31. The summed E-state index contributed by atoms with van der Waals surface area (Å²) >= 11 is 1.12. The van der Waals surface area contributed by atoms with Crippen LogP contribution in [0.3, 0.4) is 0 Å². The van der Waals surface area contributed by atoms with Crippen LogP contribution in [0.4, 0.5) is 18.3 Å². The van der Waals surface area contributed by atoms with Gasteiger partial charge in [0.15, 0.2) is 0 Å². The van der Waals surface area contributed by atoms with Crippen LogP contribution >= 0.6 is 11.3 Å². The molecule has 182 valence electrons. The second-order valence-electron chi connectivity index (χ2n) is 7.78. The van der Waals surface area contributed by atoms with Crippen LogP contribution in [0.2, 0.25) is 0 Å². The molecule has 0 saturated heterocycles. The molecule has 1 amide bonds. The minimum Gasteiger partial charge on any atom is -0.299 e. The molecule has 3 rings (SSSR count). The monoisotopic (exact) mass is 512 g/mol. The van der Waals surface area contributed by atoms with Gasteiger partial charge in [0.1, 0.15) is 11.0 Å². The Kier molecular flexibility index (Phi) is 7.74. The van der Waals surface area contributed by atoms with Crippen molar-refractivity contribution in [2.24, 2.45) is 5.92 Å². The first-order valence-corrected chi connectivity index (χ1v) is 12.6. The number of benzene rings is 2. The van der Waals surface area contributed by atoms with Gasteiger partial charge in [-0.1, -0.05) is 61.4 Å². The van der Waals surface area contributed by atoms with E-state index in [0.717, 1.165) is 40.7 Å². The average Bonchev–Trinajstić information content (AvgIpc) is 3.25. The zero-order valence-corrected chi connectivity index (χ0v) is 20.2. The van der Waals surface area contributed by atoms with Crippen LogP contribution in [0.15, 0.2) is 53.4 Å². The van der Waals surface area contributed by atoms with E-state index < -0.39 is 44.5 Å². The number of nitrogens with one attached hydrogen (secondary N) is 2. The van der Waals surface area contributed by atoms with Gasteiger partial charge in [-0.05, 0) is 37.1 Å². The van der Waals surface area contributed by atoms with E-state index >= 15 is 0 Å². The summed E-state index contributed by atoms with van der Waals surface area (Å²) in [6, 6.07) is 9.68. The Hall–Kier alpha value is -2.83. The molecule has 2 N–H and O–H groups in total. The number of aromatic nitrogens is 2. The van der Waals surface area contributed by atoms with Crippen molar-refractivity contribution in [3.8, 4) is 10.6 Å². The van der Waals surface area contributed by atoms with E-state index in [1.807, 2.05) is 31.2 Å². The summed E-state index contributed by atoms with van der Waals surface area (Å²) in [6.45, 7) is 5.36. The van der Waals surface area contributed by atoms with E-state index in [9.17, 15) is 26.4 Å². The lowest BCUT2D eigenvalue weighted by Crippen LogP contribution is -2.47. The Morgan fingerprint density at radius 2 is 1.82 bits per heavy atom. The molecule has 2 aromatic carbocycles. The van der Waals surface area contributed by atoms with Gasteiger partial charge in [0.2, 0.25) is 21.1 Å². The van der Waals surface area contributed by atoms with Crippen molar-refractivity contribution in [1.82, 2.24) is 14.9 Å². The summed E-state index contributed by atoms with van der Waals surface area (Å²) in [5.74, 6) is -1.14. The number of halogens is 3. The first kappa shape index (κ1) is 25.8. The SMILES string of the molecule is CC[C@H](C)[C@@H](NS(=O)(=O)c1cccc(C(F)(F)F)c1)C(=O)Nc1nnc(-c2cccc(C)c2)s1. The fourth-order valence-electron chi connectivity index (χ4n) is 3.09.